The van der Waals surface area contributed by atoms with E-state index in [1.165, 1.54) is 5.56 Å². The number of rotatable bonds is 8. The van der Waals surface area contributed by atoms with Crippen LogP contribution in [0.4, 0.5) is 0 Å². The summed E-state index contributed by atoms with van der Waals surface area (Å²) in [7, 11) is 0. The smallest absolute Gasteiger partial charge is 0.339 e. The Balaban J connectivity index is 1.74. The first-order valence-electron chi connectivity index (χ1n) is 7.67. The zero-order valence-electron chi connectivity index (χ0n) is 13.2. The molecule has 0 unspecified atom stereocenters. The maximum Gasteiger partial charge on any atom is 0.339 e. The van der Waals surface area contributed by atoms with Gasteiger partial charge in [-0.2, -0.15) is 0 Å². The maximum absolute atomic E-state index is 11.8. The van der Waals surface area contributed by atoms with Crippen molar-refractivity contribution >= 4 is 5.97 Å². The van der Waals surface area contributed by atoms with E-state index in [4.69, 9.17) is 9.47 Å². The second-order valence-electron chi connectivity index (χ2n) is 5.12. The maximum atomic E-state index is 11.8. The third-order valence-corrected chi connectivity index (χ3v) is 3.54. The number of carbonyl (C=O) groups excluding carboxylic acids is 1. The number of aryl methyl sites for hydroxylation is 1. The molecular weight excluding hydrogens is 278 g/mol. The van der Waals surface area contributed by atoms with Crippen molar-refractivity contribution in [3.63, 3.8) is 0 Å². The minimum Gasteiger partial charge on any atom is -0.462 e. The Kier molecular flexibility index (Phi) is 6.22. The van der Waals surface area contributed by atoms with Gasteiger partial charge in [0, 0.05) is 25.0 Å². The molecule has 4 heteroatoms. The first-order chi connectivity index (χ1) is 10.7. The predicted octanol–water partition coefficient (Wildman–Crippen LogP) is 3.58. The van der Waals surface area contributed by atoms with Crippen molar-refractivity contribution in [1.82, 2.24) is 4.57 Å². The quantitative estimate of drug-likeness (QED) is 0.553. The van der Waals surface area contributed by atoms with E-state index in [0.29, 0.717) is 25.4 Å². The number of carbonyl (C=O) groups is 1. The van der Waals surface area contributed by atoms with E-state index < -0.39 is 0 Å². The van der Waals surface area contributed by atoms with Crippen LogP contribution in [-0.4, -0.2) is 23.8 Å². The number of aromatic nitrogens is 1. The topological polar surface area (TPSA) is 40.5 Å². The predicted molar refractivity (Wildman–Crippen MR) is 85.8 cm³/mol. The second-order valence-corrected chi connectivity index (χ2v) is 5.12. The number of benzene rings is 1. The van der Waals surface area contributed by atoms with Gasteiger partial charge >= 0.3 is 5.97 Å². The first kappa shape index (κ1) is 16.3. The fourth-order valence-corrected chi connectivity index (χ4v) is 2.32. The van der Waals surface area contributed by atoms with Crippen molar-refractivity contribution in [2.75, 3.05) is 13.2 Å². The average Bonchev–Trinajstić information content (AvgIpc) is 2.89. The molecule has 0 radical (unpaired) electrons. The Hall–Kier alpha value is -2.07. The molecule has 4 nitrogen and oxygen atoms in total. The Labute approximate surface area is 131 Å². The molecule has 1 heterocycles. The lowest BCUT2D eigenvalue weighted by Gasteiger charge is -2.08. The minimum absolute atomic E-state index is 0.251. The normalized spacial score (nSPS) is 10.6. The molecular formula is C18H23NO3. The largest absolute Gasteiger partial charge is 0.462 e. The molecule has 0 spiro atoms. The summed E-state index contributed by atoms with van der Waals surface area (Å²) in [4.78, 5) is 11.8. The molecule has 1 aromatic heterocycles. The third kappa shape index (κ3) is 4.46. The van der Waals surface area contributed by atoms with Crippen LogP contribution in [0.15, 0.2) is 42.6 Å². The monoisotopic (exact) mass is 301 g/mol. The number of nitrogens with zero attached hydrogens (tertiary/aromatic N) is 1. The van der Waals surface area contributed by atoms with Crippen LogP contribution in [0.25, 0.3) is 0 Å². The lowest BCUT2D eigenvalue weighted by atomic mass is 10.2. The summed E-state index contributed by atoms with van der Waals surface area (Å²) in [6, 6.07) is 12.0. The van der Waals surface area contributed by atoms with E-state index in [-0.39, 0.29) is 5.97 Å². The number of hydrogen-bond donors (Lipinski definition) is 0. The van der Waals surface area contributed by atoms with Crippen molar-refractivity contribution in [3.8, 4) is 0 Å². The molecule has 0 aliphatic rings. The van der Waals surface area contributed by atoms with Crippen molar-refractivity contribution in [2.24, 2.45) is 0 Å². The Morgan fingerprint density at radius 1 is 1.18 bits per heavy atom. The van der Waals surface area contributed by atoms with Gasteiger partial charge in [-0.1, -0.05) is 30.3 Å². The van der Waals surface area contributed by atoms with Gasteiger partial charge in [-0.25, -0.2) is 4.79 Å². The SMILES string of the molecule is CCOC(=O)c1ccn(CCCOCc2ccccc2)c1C. The fraction of sp³-hybridized carbons (Fsp3) is 0.389. The van der Waals surface area contributed by atoms with E-state index in [0.717, 1.165) is 18.7 Å². The molecule has 0 fully saturated rings. The summed E-state index contributed by atoms with van der Waals surface area (Å²) in [5.41, 5.74) is 2.78. The van der Waals surface area contributed by atoms with Crippen molar-refractivity contribution in [1.29, 1.82) is 0 Å². The van der Waals surface area contributed by atoms with Gasteiger partial charge in [0.25, 0.3) is 0 Å². The van der Waals surface area contributed by atoms with E-state index >= 15 is 0 Å². The van der Waals surface area contributed by atoms with Gasteiger partial charge in [0.1, 0.15) is 0 Å². The first-order valence-corrected chi connectivity index (χ1v) is 7.67. The Bertz CT molecular complexity index is 590. The van der Waals surface area contributed by atoms with Crippen molar-refractivity contribution in [2.45, 2.75) is 33.4 Å². The Morgan fingerprint density at radius 3 is 2.68 bits per heavy atom. The van der Waals surface area contributed by atoms with Gasteiger partial charge in [0.15, 0.2) is 0 Å². The average molecular weight is 301 g/mol. The van der Waals surface area contributed by atoms with Crippen LogP contribution in [0.1, 0.15) is 35.0 Å². The molecule has 0 saturated heterocycles. The van der Waals surface area contributed by atoms with Crippen molar-refractivity contribution < 1.29 is 14.3 Å². The van der Waals surface area contributed by atoms with Gasteiger partial charge < -0.3 is 14.0 Å². The molecule has 0 saturated carbocycles. The zero-order valence-corrected chi connectivity index (χ0v) is 13.2. The summed E-state index contributed by atoms with van der Waals surface area (Å²) < 4.78 is 12.8. The highest BCUT2D eigenvalue weighted by Crippen LogP contribution is 2.12. The molecule has 2 rings (SSSR count). The lowest BCUT2D eigenvalue weighted by molar-refractivity contribution is 0.0525. The van der Waals surface area contributed by atoms with Crippen LogP contribution in [0.3, 0.4) is 0 Å². The summed E-state index contributed by atoms with van der Waals surface area (Å²) in [6.07, 6.45) is 2.84. The van der Waals surface area contributed by atoms with Crippen LogP contribution in [0.2, 0.25) is 0 Å². The van der Waals surface area contributed by atoms with Crippen LogP contribution in [0.5, 0.6) is 0 Å². The molecule has 0 aliphatic carbocycles. The third-order valence-electron chi connectivity index (χ3n) is 3.54. The molecule has 22 heavy (non-hydrogen) atoms. The summed E-state index contributed by atoms with van der Waals surface area (Å²) in [5.74, 6) is -0.251. The molecule has 0 N–H and O–H groups in total. The number of esters is 1. The molecule has 0 aliphatic heterocycles. The van der Waals surface area contributed by atoms with Gasteiger partial charge in [0.2, 0.25) is 0 Å². The molecule has 2 aromatic rings. The molecule has 118 valence electrons. The van der Waals surface area contributed by atoms with E-state index in [1.807, 2.05) is 44.3 Å². The summed E-state index contributed by atoms with van der Waals surface area (Å²) in [6.45, 7) is 6.32. The van der Waals surface area contributed by atoms with Gasteiger partial charge in [-0.3, -0.25) is 0 Å². The van der Waals surface area contributed by atoms with Gasteiger partial charge in [0.05, 0.1) is 18.8 Å². The van der Waals surface area contributed by atoms with Crippen LogP contribution < -0.4 is 0 Å². The van der Waals surface area contributed by atoms with Gasteiger partial charge in [-0.05, 0) is 31.9 Å². The molecule has 0 atom stereocenters. The minimum atomic E-state index is -0.251. The molecule has 0 bridgehead atoms. The summed E-state index contributed by atoms with van der Waals surface area (Å²) in [5, 5.41) is 0. The van der Waals surface area contributed by atoms with Gasteiger partial charge in [-0.15, -0.1) is 0 Å². The van der Waals surface area contributed by atoms with Crippen LogP contribution in [0, 0.1) is 6.92 Å². The van der Waals surface area contributed by atoms with E-state index in [1.54, 1.807) is 0 Å². The fourth-order valence-electron chi connectivity index (χ4n) is 2.32. The molecule has 1 aromatic carbocycles. The van der Waals surface area contributed by atoms with E-state index in [2.05, 4.69) is 16.7 Å². The van der Waals surface area contributed by atoms with Crippen LogP contribution in [-0.2, 0) is 22.6 Å². The number of ether oxygens (including phenoxy) is 2. The highest BCUT2D eigenvalue weighted by molar-refractivity contribution is 5.90. The number of hydrogen-bond acceptors (Lipinski definition) is 3. The summed E-state index contributed by atoms with van der Waals surface area (Å²) >= 11 is 0. The van der Waals surface area contributed by atoms with E-state index in [9.17, 15) is 4.79 Å². The molecule has 0 amide bonds. The standard InChI is InChI=1S/C18H23NO3/c1-3-22-18(20)17-10-12-19(15(17)2)11-7-13-21-14-16-8-5-4-6-9-16/h4-6,8-10,12H,3,7,11,13-14H2,1-2H3. The zero-order chi connectivity index (χ0) is 15.8. The Morgan fingerprint density at radius 2 is 1.95 bits per heavy atom. The second kappa shape index (κ2) is 8.39. The van der Waals surface area contributed by atoms with Crippen LogP contribution >= 0.6 is 0 Å². The highest BCUT2D eigenvalue weighted by Gasteiger charge is 2.13. The lowest BCUT2D eigenvalue weighted by Crippen LogP contribution is -2.08. The van der Waals surface area contributed by atoms with Crippen molar-refractivity contribution in [3.05, 3.63) is 59.4 Å². The highest BCUT2D eigenvalue weighted by atomic mass is 16.5.